The van der Waals surface area contributed by atoms with Gasteiger partial charge in [0.1, 0.15) is 11.9 Å². The van der Waals surface area contributed by atoms with Crippen LogP contribution in [-0.4, -0.2) is 23.5 Å². The highest BCUT2D eigenvalue weighted by Crippen LogP contribution is 2.41. The molecule has 0 bridgehead atoms. The van der Waals surface area contributed by atoms with Gasteiger partial charge in [-0.2, -0.15) is 0 Å². The van der Waals surface area contributed by atoms with E-state index in [1.807, 2.05) is 65.6 Å². The molecular formula is C29H28N2O2. The Kier molecular flexibility index (Phi) is 5.74. The van der Waals surface area contributed by atoms with Crippen molar-refractivity contribution in [1.82, 2.24) is 4.90 Å². The van der Waals surface area contributed by atoms with E-state index in [1.165, 1.54) is 5.56 Å². The molecule has 1 unspecified atom stereocenters. The number of amides is 1. The Morgan fingerprint density at radius 3 is 2.42 bits per heavy atom. The van der Waals surface area contributed by atoms with Crippen LogP contribution in [0.15, 0.2) is 91.0 Å². The molecular weight excluding hydrogens is 408 g/mol. The highest BCUT2D eigenvalue weighted by Gasteiger charge is 2.36. The van der Waals surface area contributed by atoms with Gasteiger partial charge in [0.15, 0.2) is 0 Å². The number of para-hydroxylation sites is 1. The SMILES string of the molecule is CC(C)N1C(=O)c2ccccc2NC1c1c(OCCc2ccccc2)ccc2ccccc12. The molecule has 1 amide bonds. The molecule has 1 N–H and O–H groups in total. The van der Waals surface area contributed by atoms with E-state index in [9.17, 15) is 4.79 Å². The number of carbonyl (C=O) groups excluding carboxylic acids is 1. The molecule has 4 aromatic rings. The smallest absolute Gasteiger partial charge is 0.258 e. The Hall–Kier alpha value is -3.79. The summed E-state index contributed by atoms with van der Waals surface area (Å²) in [5.41, 5.74) is 3.79. The van der Waals surface area contributed by atoms with Crippen LogP contribution in [0.25, 0.3) is 10.8 Å². The van der Waals surface area contributed by atoms with Gasteiger partial charge in [-0.15, -0.1) is 0 Å². The normalized spacial score (nSPS) is 15.4. The number of hydrogen-bond acceptors (Lipinski definition) is 3. The molecule has 166 valence electrons. The van der Waals surface area contributed by atoms with Crippen LogP contribution in [0.4, 0.5) is 5.69 Å². The van der Waals surface area contributed by atoms with Crippen molar-refractivity contribution in [2.24, 2.45) is 0 Å². The molecule has 0 saturated carbocycles. The summed E-state index contributed by atoms with van der Waals surface area (Å²) < 4.78 is 6.38. The molecule has 0 aromatic heterocycles. The Bertz CT molecular complexity index is 1280. The molecule has 1 aliphatic heterocycles. The second-order valence-electron chi connectivity index (χ2n) is 8.68. The standard InChI is InChI=1S/C29H28N2O2/c1-20(2)31-28(30-25-15-9-8-14-24(25)29(31)32)27-23-13-7-6-12-22(23)16-17-26(27)33-19-18-21-10-4-3-5-11-21/h3-17,20,28,30H,18-19H2,1-2H3. The number of anilines is 1. The molecule has 0 spiro atoms. The Labute approximate surface area is 194 Å². The van der Waals surface area contributed by atoms with Crippen LogP contribution in [0.2, 0.25) is 0 Å². The Morgan fingerprint density at radius 2 is 1.61 bits per heavy atom. The average molecular weight is 437 g/mol. The highest BCUT2D eigenvalue weighted by molar-refractivity contribution is 6.02. The minimum absolute atomic E-state index is 0.0134. The number of benzene rings is 4. The fourth-order valence-corrected chi connectivity index (χ4v) is 4.62. The van der Waals surface area contributed by atoms with Gasteiger partial charge in [-0.3, -0.25) is 4.79 Å². The predicted octanol–water partition coefficient (Wildman–Crippen LogP) is 6.44. The third kappa shape index (κ3) is 4.05. The summed E-state index contributed by atoms with van der Waals surface area (Å²) >= 11 is 0. The van der Waals surface area contributed by atoms with Gasteiger partial charge in [0, 0.05) is 23.7 Å². The van der Waals surface area contributed by atoms with Crippen molar-refractivity contribution in [2.45, 2.75) is 32.5 Å². The third-order valence-corrected chi connectivity index (χ3v) is 6.21. The zero-order valence-corrected chi connectivity index (χ0v) is 19.0. The number of carbonyl (C=O) groups is 1. The lowest BCUT2D eigenvalue weighted by Gasteiger charge is -2.41. The fourth-order valence-electron chi connectivity index (χ4n) is 4.62. The van der Waals surface area contributed by atoms with Crippen LogP contribution in [-0.2, 0) is 6.42 Å². The van der Waals surface area contributed by atoms with Crippen LogP contribution < -0.4 is 10.1 Å². The van der Waals surface area contributed by atoms with E-state index in [-0.39, 0.29) is 18.1 Å². The van der Waals surface area contributed by atoms with Crippen molar-refractivity contribution in [2.75, 3.05) is 11.9 Å². The summed E-state index contributed by atoms with van der Waals surface area (Å²) in [5.74, 6) is 0.840. The second-order valence-corrected chi connectivity index (χ2v) is 8.68. The van der Waals surface area contributed by atoms with Crippen LogP contribution >= 0.6 is 0 Å². The second kappa shape index (κ2) is 8.99. The highest BCUT2D eigenvalue weighted by atomic mass is 16.5. The van der Waals surface area contributed by atoms with E-state index < -0.39 is 0 Å². The predicted molar refractivity (Wildman–Crippen MR) is 134 cm³/mol. The summed E-state index contributed by atoms with van der Waals surface area (Å²) in [6.45, 7) is 4.68. The topological polar surface area (TPSA) is 41.6 Å². The van der Waals surface area contributed by atoms with Crippen molar-refractivity contribution in [3.05, 3.63) is 108 Å². The number of rotatable bonds is 6. The molecule has 0 fully saturated rings. The quantitative estimate of drug-likeness (QED) is 0.378. The van der Waals surface area contributed by atoms with Gasteiger partial charge in [-0.25, -0.2) is 0 Å². The van der Waals surface area contributed by atoms with Crippen LogP contribution in [0.5, 0.6) is 5.75 Å². The molecule has 5 rings (SSSR count). The fraction of sp³-hybridized carbons (Fsp3) is 0.207. The van der Waals surface area contributed by atoms with Crippen LogP contribution in [0.3, 0.4) is 0 Å². The number of nitrogens with zero attached hydrogens (tertiary/aromatic N) is 1. The maximum atomic E-state index is 13.5. The maximum Gasteiger partial charge on any atom is 0.258 e. The Morgan fingerprint density at radius 1 is 0.879 bits per heavy atom. The van der Waals surface area contributed by atoms with Gasteiger partial charge >= 0.3 is 0 Å². The van der Waals surface area contributed by atoms with Crippen molar-refractivity contribution < 1.29 is 9.53 Å². The third-order valence-electron chi connectivity index (χ3n) is 6.21. The van der Waals surface area contributed by atoms with E-state index in [2.05, 4.69) is 49.5 Å². The number of fused-ring (bicyclic) bond motifs is 2. The van der Waals surface area contributed by atoms with Crippen molar-refractivity contribution in [3.63, 3.8) is 0 Å². The zero-order chi connectivity index (χ0) is 22.8. The van der Waals surface area contributed by atoms with E-state index in [1.54, 1.807) is 0 Å². The minimum Gasteiger partial charge on any atom is -0.493 e. The largest absolute Gasteiger partial charge is 0.493 e. The molecule has 1 heterocycles. The van der Waals surface area contributed by atoms with E-state index in [4.69, 9.17) is 4.74 Å². The lowest BCUT2D eigenvalue weighted by Crippen LogP contribution is -2.46. The van der Waals surface area contributed by atoms with E-state index in [0.29, 0.717) is 12.2 Å². The molecule has 0 saturated heterocycles. The summed E-state index contributed by atoms with van der Waals surface area (Å²) in [7, 11) is 0. The van der Waals surface area contributed by atoms with E-state index in [0.717, 1.165) is 34.2 Å². The molecule has 0 radical (unpaired) electrons. The van der Waals surface area contributed by atoms with Gasteiger partial charge < -0.3 is 15.0 Å². The molecule has 1 aliphatic rings. The van der Waals surface area contributed by atoms with Gasteiger partial charge in [-0.1, -0.05) is 72.8 Å². The first-order valence-electron chi connectivity index (χ1n) is 11.5. The van der Waals surface area contributed by atoms with Gasteiger partial charge in [0.25, 0.3) is 5.91 Å². The summed E-state index contributed by atoms with van der Waals surface area (Å²) in [6.07, 6.45) is 0.492. The Balaban J connectivity index is 1.58. The first-order chi connectivity index (χ1) is 16.1. The van der Waals surface area contributed by atoms with Gasteiger partial charge in [-0.05, 0) is 48.4 Å². The maximum absolute atomic E-state index is 13.5. The minimum atomic E-state index is -0.328. The monoisotopic (exact) mass is 436 g/mol. The van der Waals surface area contributed by atoms with Gasteiger partial charge in [0.2, 0.25) is 0 Å². The van der Waals surface area contributed by atoms with Gasteiger partial charge in [0.05, 0.1) is 12.2 Å². The lowest BCUT2D eigenvalue weighted by molar-refractivity contribution is 0.0615. The first kappa shape index (κ1) is 21.1. The number of hydrogen-bond donors (Lipinski definition) is 1. The summed E-state index contributed by atoms with van der Waals surface area (Å²) in [6, 6.07) is 30.5. The van der Waals surface area contributed by atoms with Crippen LogP contribution in [0.1, 0.15) is 41.5 Å². The molecule has 33 heavy (non-hydrogen) atoms. The summed E-state index contributed by atoms with van der Waals surface area (Å²) in [4.78, 5) is 15.5. The average Bonchev–Trinajstić information content (AvgIpc) is 2.84. The summed E-state index contributed by atoms with van der Waals surface area (Å²) in [5, 5.41) is 5.85. The van der Waals surface area contributed by atoms with Crippen molar-refractivity contribution >= 4 is 22.4 Å². The molecule has 4 aromatic carbocycles. The van der Waals surface area contributed by atoms with Crippen LogP contribution in [0, 0.1) is 0 Å². The molecule has 4 heteroatoms. The van der Waals surface area contributed by atoms with Crippen molar-refractivity contribution in [3.8, 4) is 5.75 Å². The number of ether oxygens (including phenoxy) is 1. The molecule has 4 nitrogen and oxygen atoms in total. The first-order valence-corrected chi connectivity index (χ1v) is 11.5. The molecule has 0 aliphatic carbocycles. The zero-order valence-electron chi connectivity index (χ0n) is 19.0. The number of nitrogens with one attached hydrogen (secondary N) is 1. The lowest BCUT2D eigenvalue weighted by atomic mass is 9.96. The molecule has 1 atom stereocenters. The van der Waals surface area contributed by atoms with Crippen molar-refractivity contribution in [1.29, 1.82) is 0 Å². The van der Waals surface area contributed by atoms with E-state index >= 15 is 0 Å².